The quantitative estimate of drug-likeness (QED) is 0.747. The fourth-order valence-corrected chi connectivity index (χ4v) is 1.86. The Balaban J connectivity index is 1.89. The second-order valence-electron chi connectivity index (χ2n) is 3.85. The molecule has 18 heavy (non-hydrogen) atoms. The molecule has 1 aromatic heterocycles. The summed E-state index contributed by atoms with van der Waals surface area (Å²) in [4.78, 5) is 18.9. The second kappa shape index (κ2) is 4.40. The first-order valence-corrected chi connectivity index (χ1v) is 5.65. The highest BCUT2D eigenvalue weighted by molar-refractivity contribution is 6.06. The van der Waals surface area contributed by atoms with Crippen molar-refractivity contribution in [2.45, 2.75) is 0 Å². The topological polar surface area (TPSA) is 79.0 Å². The smallest absolute Gasteiger partial charge is 0.261 e. The summed E-state index contributed by atoms with van der Waals surface area (Å²) < 4.78 is 5.54. The molecule has 0 aliphatic carbocycles. The molecule has 92 valence electrons. The molecular formula is C12H12N4O2. The van der Waals surface area contributed by atoms with Gasteiger partial charge in [-0.3, -0.25) is 10.1 Å². The van der Waals surface area contributed by atoms with Crippen molar-refractivity contribution in [1.29, 1.82) is 0 Å². The average molecular weight is 244 g/mol. The minimum atomic E-state index is -0.245. The number of fused-ring (bicyclic) bond motifs is 1. The van der Waals surface area contributed by atoms with E-state index in [4.69, 9.17) is 4.74 Å². The molecule has 0 fully saturated rings. The van der Waals surface area contributed by atoms with E-state index in [9.17, 15) is 4.79 Å². The second-order valence-corrected chi connectivity index (χ2v) is 3.85. The van der Waals surface area contributed by atoms with Crippen LogP contribution >= 0.6 is 0 Å². The van der Waals surface area contributed by atoms with Crippen LogP contribution in [0.25, 0.3) is 0 Å². The minimum Gasteiger partial charge on any atom is -0.489 e. The van der Waals surface area contributed by atoms with Gasteiger partial charge in [-0.25, -0.2) is 4.98 Å². The van der Waals surface area contributed by atoms with E-state index in [1.54, 1.807) is 18.5 Å². The Hall–Kier alpha value is -2.50. The van der Waals surface area contributed by atoms with Gasteiger partial charge in [-0.15, -0.1) is 0 Å². The lowest BCUT2D eigenvalue weighted by Crippen LogP contribution is -2.22. The molecule has 6 nitrogen and oxygen atoms in total. The van der Waals surface area contributed by atoms with E-state index in [-0.39, 0.29) is 5.91 Å². The van der Waals surface area contributed by atoms with E-state index in [0.717, 1.165) is 12.2 Å². The van der Waals surface area contributed by atoms with Crippen molar-refractivity contribution in [3.63, 3.8) is 0 Å². The molecule has 2 aromatic rings. The minimum absolute atomic E-state index is 0.245. The Kier molecular flexibility index (Phi) is 2.60. The SMILES string of the molecule is O=C(Nc1ncc[nH]1)c1cccc2c1OCCN2. The van der Waals surface area contributed by atoms with Gasteiger partial charge >= 0.3 is 0 Å². The standard InChI is InChI=1S/C12H12N4O2/c17-11(16-12-14-4-5-15-12)8-2-1-3-9-10(8)18-7-6-13-9/h1-5,13H,6-7H2,(H2,14,15,16,17). The first-order valence-electron chi connectivity index (χ1n) is 5.65. The summed E-state index contributed by atoms with van der Waals surface area (Å²) in [6.07, 6.45) is 3.22. The maximum atomic E-state index is 12.1. The summed E-state index contributed by atoms with van der Waals surface area (Å²) in [6, 6.07) is 5.43. The van der Waals surface area contributed by atoms with Gasteiger partial charge in [0.1, 0.15) is 6.61 Å². The molecule has 0 atom stereocenters. The van der Waals surface area contributed by atoms with Crippen LogP contribution in [0.1, 0.15) is 10.4 Å². The Labute approximate surface area is 103 Å². The zero-order chi connectivity index (χ0) is 12.4. The number of aromatic amines is 1. The highest BCUT2D eigenvalue weighted by atomic mass is 16.5. The van der Waals surface area contributed by atoms with Crippen molar-refractivity contribution in [2.75, 3.05) is 23.8 Å². The van der Waals surface area contributed by atoms with Gasteiger partial charge < -0.3 is 15.0 Å². The van der Waals surface area contributed by atoms with Gasteiger partial charge in [0.2, 0.25) is 5.95 Å². The third-order valence-corrected chi connectivity index (χ3v) is 2.65. The number of amides is 1. The van der Waals surface area contributed by atoms with E-state index in [0.29, 0.717) is 23.9 Å². The summed E-state index contributed by atoms with van der Waals surface area (Å²) in [5.74, 6) is 0.764. The summed E-state index contributed by atoms with van der Waals surface area (Å²) in [5.41, 5.74) is 1.34. The largest absolute Gasteiger partial charge is 0.489 e. The molecule has 0 saturated carbocycles. The van der Waals surface area contributed by atoms with Gasteiger partial charge in [-0.2, -0.15) is 0 Å². The number of ether oxygens (including phenoxy) is 1. The maximum Gasteiger partial charge on any atom is 0.261 e. The van der Waals surface area contributed by atoms with E-state index >= 15 is 0 Å². The summed E-state index contributed by atoms with van der Waals surface area (Å²) in [6.45, 7) is 1.30. The molecule has 6 heteroatoms. The molecule has 1 aliphatic rings. The zero-order valence-corrected chi connectivity index (χ0v) is 9.56. The van der Waals surface area contributed by atoms with Gasteiger partial charge in [0.15, 0.2) is 5.75 Å². The number of anilines is 2. The number of hydrogen-bond donors (Lipinski definition) is 3. The molecule has 0 radical (unpaired) electrons. The molecule has 3 N–H and O–H groups in total. The molecule has 0 unspecified atom stereocenters. The van der Waals surface area contributed by atoms with Crippen molar-refractivity contribution < 1.29 is 9.53 Å². The van der Waals surface area contributed by atoms with Gasteiger partial charge in [0.25, 0.3) is 5.91 Å². The fourth-order valence-electron chi connectivity index (χ4n) is 1.86. The number of carbonyl (C=O) groups is 1. The molecule has 1 aromatic carbocycles. The number of benzene rings is 1. The lowest BCUT2D eigenvalue weighted by molar-refractivity contribution is 0.102. The predicted octanol–water partition coefficient (Wildman–Crippen LogP) is 1.47. The first kappa shape index (κ1) is 10.6. The fraction of sp³-hybridized carbons (Fsp3) is 0.167. The monoisotopic (exact) mass is 244 g/mol. The van der Waals surface area contributed by atoms with Gasteiger partial charge in [-0.1, -0.05) is 6.07 Å². The molecule has 0 spiro atoms. The number of imidazole rings is 1. The van der Waals surface area contributed by atoms with Crippen molar-refractivity contribution in [3.05, 3.63) is 36.2 Å². The molecule has 2 heterocycles. The average Bonchev–Trinajstić information content (AvgIpc) is 2.91. The number of para-hydroxylation sites is 1. The van der Waals surface area contributed by atoms with Gasteiger partial charge in [0.05, 0.1) is 11.3 Å². The van der Waals surface area contributed by atoms with Crippen LogP contribution in [0.2, 0.25) is 0 Å². The van der Waals surface area contributed by atoms with Crippen molar-refractivity contribution in [1.82, 2.24) is 9.97 Å². The molecule has 3 rings (SSSR count). The lowest BCUT2D eigenvalue weighted by Gasteiger charge is -2.21. The molecule has 0 bridgehead atoms. The van der Waals surface area contributed by atoms with Crippen LogP contribution in [0.15, 0.2) is 30.6 Å². The van der Waals surface area contributed by atoms with Crippen LogP contribution in [0.3, 0.4) is 0 Å². The Morgan fingerprint density at radius 2 is 2.39 bits per heavy atom. The third-order valence-electron chi connectivity index (χ3n) is 2.65. The maximum absolute atomic E-state index is 12.1. The van der Waals surface area contributed by atoms with Crippen molar-refractivity contribution >= 4 is 17.5 Å². The van der Waals surface area contributed by atoms with Gasteiger partial charge in [-0.05, 0) is 12.1 Å². The normalized spacial score (nSPS) is 13.1. The van der Waals surface area contributed by atoms with Crippen molar-refractivity contribution in [2.24, 2.45) is 0 Å². The summed E-state index contributed by atoms with van der Waals surface area (Å²) >= 11 is 0. The van der Waals surface area contributed by atoms with Crippen LogP contribution in [-0.2, 0) is 0 Å². The van der Waals surface area contributed by atoms with Crippen LogP contribution in [0, 0.1) is 0 Å². The highest BCUT2D eigenvalue weighted by Gasteiger charge is 2.19. The molecular weight excluding hydrogens is 232 g/mol. The predicted molar refractivity (Wildman–Crippen MR) is 67.0 cm³/mol. The number of hydrogen-bond acceptors (Lipinski definition) is 4. The number of carbonyl (C=O) groups excluding carboxylic acids is 1. The Bertz CT molecular complexity index is 565. The van der Waals surface area contributed by atoms with Crippen LogP contribution < -0.4 is 15.4 Å². The van der Waals surface area contributed by atoms with E-state index in [1.807, 2.05) is 12.1 Å². The van der Waals surface area contributed by atoms with Crippen molar-refractivity contribution in [3.8, 4) is 5.75 Å². The van der Waals surface area contributed by atoms with E-state index in [2.05, 4.69) is 20.6 Å². The van der Waals surface area contributed by atoms with E-state index < -0.39 is 0 Å². The summed E-state index contributed by atoms with van der Waals surface area (Å²) in [5, 5.41) is 5.86. The lowest BCUT2D eigenvalue weighted by atomic mass is 10.1. The number of rotatable bonds is 2. The Morgan fingerprint density at radius 1 is 1.44 bits per heavy atom. The van der Waals surface area contributed by atoms with Crippen LogP contribution in [0.5, 0.6) is 5.75 Å². The van der Waals surface area contributed by atoms with Gasteiger partial charge in [0, 0.05) is 18.9 Å². The van der Waals surface area contributed by atoms with Crippen LogP contribution in [-0.4, -0.2) is 29.0 Å². The molecule has 0 saturated heterocycles. The molecule has 1 aliphatic heterocycles. The number of aromatic nitrogens is 2. The number of nitrogens with one attached hydrogen (secondary N) is 3. The summed E-state index contributed by atoms with van der Waals surface area (Å²) in [7, 11) is 0. The van der Waals surface area contributed by atoms with E-state index in [1.165, 1.54) is 0 Å². The third kappa shape index (κ3) is 1.88. The highest BCUT2D eigenvalue weighted by Crippen LogP contribution is 2.31. The zero-order valence-electron chi connectivity index (χ0n) is 9.56. The van der Waals surface area contributed by atoms with Crippen LogP contribution in [0.4, 0.5) is 11.6 Å². The first-order chi connectivity index (χ1) is 8.84. The Morgan fingerprint density at radius 3 is 3.22 bits per heavy atom. The molecule has 1 amide bonds. The number of H-pyrrole nitrogens is 1. The number of nitrogens with zero attached hydrogens (tertiary/aromatic N) is 1.